The van der Waals surface area contributed by atoms with Crippen LogP contribution in [0.4, 0.5) is 11.8 Å². The first-order valence-corrected chi connectivity index (χ1v) is 10.1. The Labute approximate surface area is 150 Å². The van der Waals surface area contributed by atoms with Crippen molar-refractivity contribution in [2.45, 2.75) is 69.4 Å². The SMILES string of the molecule is Nc1nc(NCC2CCN(C3CCCC3)CC2)cc(C2CC(N)C2)n1. The van der Waals surface area contributed by atoms with E-state index in [4.69, 9.17) is 11.5 Å². The second-order valence-electron chi connectivity index (χ2n) is 8.26. The maximum absolute atomic E-state index is 5.91. The Morgan fingerprint density at radius 2 is 1.80 bits per heavy atom. The number of hydrogen-bond donors (Lipinski definition) is 3. The third kappa shape index (κ3) is 4.06. The first-order chi connectivity index (χ1) is 12.2. The van der Waals surface area contributed by atoms with Gasteiger partial charge in [0.25, 0.3) is 0 Å². The van der Waals surface area contributed by atoms with Gasteiger partial charge in [-0.25, -0.2) is 4.98 Å². The Bertz CT molecular complexity index is 571. The predicted octanol–water partition coefficient (Wildman–Crippen LogP) is 2.33. The maximum Gasteiger partial charge on any atom is 0.222 e. The van der Waals surface area contributed by atoms with Gasteiger partial charge in [0.2, 0.25) is 5.95 Å². The number of piperidine rings is 1. The maximum atomic E-state index is 5.91. The second kappa shape index (κ2) is 7.46. The molecule has 0 amide bonds. The molecule has 0 aromatic carbocycles. The molecule has 138 valence electrons. The minimum Gasteiger partial charge on any atom is -0.370 e. The van der Waals surface area contributed by atoms with Gasteiger partial charge in [-0.3, -0.25) is 0 Å². The molecular weight excluding hydrogens is 312 g/mol. The van der Waals surface area contributed by atoms with E-state index in [2.05, 4.69) is 26.3 Å². The van der Waals surface area contributed by atoms with E-state index < -0.39 is 0 Å². The molecule has 4 rings (SSSR count). The van der Waals surface area contributed by atoms with E-state index in [1.807, 2.05) is 0 Å². The van der Waals surface area contributed by atoms with Gasteiger partial charge in [-0.05, 0) is 57.5 Å². The number of rotatable bonds is 5. The number of hydrogen-bond acceptors (Lipinski definition) is 6. The lowest BCUT2D eigenvalue weighted by atomic mass is 9.78. The summed E-state index contributed by atoms with van der Waals surface area (Å²) in [7, 11) is 0. The smallest absolute Gasteiger partial charge is 0.222 e. The van der Waals surface area contributed by atoms with Crippen LogP contribution in [0.1, 0.15) is 63.0 Å². The molecule has 2 heterocycles. The number of nitrogens with one attached hydrogen (secondary N) is 1. The highest BCUT2D eigenvalue weighted by molar-refractivity contribution is 5.42. The fourth-order valence-corrected chi connectivity index (χ4v) is 4.73. The fourth-order valence-electron chi connectivity index (χ4n) is 4.73. The summed E-state index contributed by atoms with van der Waals surface area (Å²) in [5.74, 6) is 2.43. The van der Waals surface area contributed by atoms with Crippen LogP contribution in [0.5, 0.6) is 0 Å². The molecule has 2 saturated carbocycles. The first-order valence-electron chi connectivity index (χ1n) is 10.1. The molecule has 1 aromatic rings. The van der Waals surface area contributed by atoms with Crippen molar-refractivity contribution in [2.75, 3.05) is 30.7 Å². The number of nitrogens with zero attached hydrogens (tertiary/aromatic N) is 3. The van der Waals surface area contributed by atoms with Crippen molar-refractivity contribution in [3.63, 3.8) is 0 Å². The van der Waals surface area contributed by atoms with E-state index in [0.717, 1.165) is 42.9 Å². The van der Waals surface area contributed by atoms with Crippen molar-refractivity contribution < 1.29 is 0 Å². The van der Waals surface area contributed by atoms with Gasteiger partial charge in [0.05, 0.1) is 5.69 Å². The minimum absolute atomic E-state index is 0.322. The molecular formula is C19H32N6. The lowest BCUT2D eigenvalue weighted by Gasteiger charge is -2.36. The van der Waals surface area contributed by atoms with E-state index in [1.165, 1.54) is 51.6 Å². The summed E-state index contributed by atoms with van der Waals surface area (Å²) in [5, 5.41) is 3.51. The molecule has 1 aliphatic heterocycles. The van der Waals surface area contributed by atoms with E-state index in [9.17, 15) is 0 Å². The Morgan fingerprint density at radius 3 is 2.48 bits per heavy atom. The molecule has 3 fully saturated rings. The molecule has 0 spiro atoms. The quantitative estimate of drug-likeness (QED) is 0.759. The molecule has 0 unspecified atom stereocenters. The molecule has 5 N–H and O–H groups in total. The summed E-state index contributed by atoms with van der Waals surface area (Å²) in [4.78, 5) is 11.5. The van der Waals surface area contributed by atoms with E-state index >= 15 is 0 Å². The third-order valence-corrected chi connectivity index (χ3v) is 6.42. The van der Waals surface area contributed by atoms with Crippen LogP contribution in [0.3, 0.4) is 0 Å². The minimum atomic E-state index is 0.322. The Morgan fingerprint density at radius 1 is 1.08 bits per heavy atom. The van der Waals surface area contributed by atoms with Gasteiger partial charge < -0.3 is 21.7 Å². The standard InChI is InChI=1S/C19H32N6/c20-15-9-14(10-15)17-11-18(24-19(21)23-17)22-12-13-5-7-25(8-6-13)16-3-1-2-4-16/h11,13-16H,1-10,12,20H2,(H3,21,22,23,24). The Hall–Kier alpha value is -1.40. The average Bonchev–Trinajstić information content (AvgIpc) is 3.12. The molecule has 6 heteroatoms. The number of anilines is 2. The predicted molar refractivity (Wildman–Crippen MR) is 101 cm³/mol. The van der Waals surface area contributed by atoms with E-state index in [0.29, 0.717) is 17.9 Å². The molecule has 1 saturated heterocycles. The topological polar surface area (TPSA) is 93.1 Å². The van der Waals surface area contributed by atoms with Gasteiger partial charge in [0, 0.05) is 30.6 Å². The molecule has 2 aliphatic carbocycles. The third-order valence-electron chi connectivity index (χ3n) is 6.42. The van der Waals surface area contributed by atoms with Gasteiger partial charge in [-0.1, -0.05) is 12.8 Å². The van der Waals surface area contributed by atoms with Crippen molar-refractivity contribution in [3.05, 3.63) is 11.8 Å². The molecule has 3 aliphatic rings. The van der Waals surface area contributed by atoms with Crippen molar-refractivity contribution in [3.8, 4) is 0 Å². The molecule has 0 radical (unpaired) electrons. The molecule has 6 nitrogen and oxygen atoms in total. The normalized spacial score (nSPS) is 28.8. The summed E-state index contributed by atoms with van der Waals surface area (Å²) >= 11 is 0. The lowest BCUT2D eigenvalue weighted by Crippen LogP contribution is -2.41. The molecule has 1 aromatic heterocycles. The summed E-state index contributed by atoms with van der Waals surface area (Å²) in [6.07, 6.45) is 10.3. The first kappa shape index (κ1) is 17.0. The lowest BCUT2D eigenvalue weighted by molar-refractivity contribution is 0.138. The zero-order valence-corrected chi connectivity index (χ0v) is 15.2. The van der Waals surface area contributed by atoms with Crippen molar-refractivity contribution in [2.24, 2.45) is 11.7 Å². The fraction of sp³-hybridized carbons (Fsp3) is 0.789. The van der Waals surface area contributed by atoms with Gasteiger partial charge in [0.15, 0.2) is 0 Å². The zero-order valence-electron chi connectivity index (χ0n) is 15.2. The molecule has 0 bridgehead atoms. The zero-order chi connectivity index (χ0) is 17.2. The van der Waals surface area contributed by atoms with Crippen LogP contribution in [0.2, 0.25) is 0 Å². The van der Waals surface area contributed by atoms with Crippen LogP contribution in [0, 0.1) is 5.92 Å². The van der Waals surface area contributed by atoms with Gasteiger partial charge in [-0.2, -0.15) is 4.98 Å². The van der Waals surface area contributed by atoms with Gasteiger partial charge in [-0.15, -0.1) is 0 Å². The van der Waals surface area contributed by atoms with Crippen LogP contribution in [0.15, 0.2) is 6.07 Å². The largest absolute Gasteiger partial charge is 0.370 e. The van der Waals surface area contributed by atoms with Crippen LogP contribution in [0.25, 0.3) is 0 Å². The summed E-state index contributed by atoms with van der Waals surface area (Å²) in [6, 6.07) is 3.26. The van der Waals surface area contributed by atoms with Crippen LogP contribution in [-0.4, -0.2) is 46.6 Å². The van der Waals surface area contributed by atoms with Crippen molar-refractivity contribution in [1.82, 2.24) is 14.9 Å². The molecule has 25 heavy (non-hydrogen) atoms. The van der Waals surface area contributed by atoms with Crippen molar-refractivity contribution >= 4 is 11.8 Å². The van der Waals surface area contributed by atoms with Crippen LogP contribution in [-0.2, 0) is 0 Å². The monoisotopic (exact) mass is 344 g/mol. The van der Waals surface area contributed by atoms with Crippen LogP contribution >= 0.6 is 0 Å². The van der Waals surface area contributed by atoms with E-state index in [-0.39, 0.29) is 0 Å². The number of aromatic nitrogens is 2. The highest BCUT2D eigenvalue weighted by atomic mass is 15.2. The highest BCUT2D eigenvalue weighted by Gasteiger charge is 2.29. The summed E-state index contributed by atoms with van der Waals surface area (Å²) in [5.41, 5.74) is 12.9. The van der Waals surface area contributed by atoms with Gasteiger partial charge in [0.1, 0.15) is 5.82 Å². The summed E-state index contributed by atoms with van der Waals surface area (Å²) < 4.78 is 0. The van der Waals surface area contributed by atoms with Crippen LogP contribution < -0.4 is 16.8 Å². The van der Waals surface area contributed by atoms with Gasteiger partial charge >= 0.3 is 0 Å². The number of nitrogen functional groups attached to an aromatic ring is 1. The second-order valence-corrected chi connectivity index (χ2v) is 8.26. The molecule has 0 atom stereocenters. The number of nitrogens with two attached hydrogens (primary N) is 2. The Balaban J connectivity index is 1.27. The highest BCUT2D eigenvalue weighted by Crippen LogP contribution is 2.35. The Kier molecular flexibility index (Phi) is 5.08. The number of likely N-dealkylation sites (tertiary alicyclic amines) is 1. The van der Waals surface area contributed by atoms with Crippen molar-refractivity contribution in [1.29, 1.82) is 0 Å². The summed E-state index contributed by atoms with van der Waals surface area (Å²) in [6.45, 7) is 3.50. The van der Waals surface area contributed by atoms with E-state index in [1.54, 1.807) is 0 Å². The average molecular weight is 345 g/mol.